The molecule has 0 unspecified atom stereocenters. The van der Waals surface area contributed by atoms with Gasteiger partial charge in [0, 0.05) is 19.2 Å². The van der Waals surface area contributed by atoms with Crippen LogP contribution in [0.3, 0.4) is 0 Å². The minimum atomic E-state index is 0.374. The van der Waals surface area contributed by atoms with Gasteiger partial charge < -0.3 is 24.8 Å². The fourth-order valence-electron chi connectivity index (χ4n) is 2.88. The van der Waals surface area contributed by atoms with Crippen LogP contribution in [0.25, 0.3) is 0 Å². The Morgan fingerprint density at radius 2 is 1.64 bits per heavy atom. The molecule has 8 heteroatoms. The molecule has 1 aliphatic rings. The first-order chi connectivity index (χ1) is 13.5. The predicted molar refractivity (Wildman–Crippen MR) is 113 cm³/mol. The maximum Gasteiger partial charge on any atom is 0.203 e. The molecule has 0 amide bonds. The summed E-state index contributed by atoms with van der Waals surface area (Å²) in [6.45, 7) is 4.90. The zero-order valence-electron chi connectivity index (χ0n) is 17.4. The van der Waals surface area contributed by atoms with Crippen LogP contribution >= 0.6 is 0 Å². The number of rotatable bonds is 5. The summed E-state index contributed by atoms with van der Waals surface area (Å²) in [6.07, 6.45) is 3.32. The number of nitrogen functional groups attached to an aromatic ring is 1. The molecule has 1 aromatic heterocycles. The van der Waals surface area contributed by atoms with Gasteiger partial charge in [-0.05, 0) is 17.7 Å². The number of hydrogen-bond acceptors (Lipinski definition) is 8. The number of fused-ring (bicyclic) bond motifs is 1. The van der Waals surface area contributed by atoms with Crippen LogP contribution in [0.5, 0.6) is 17.2 Å². The highest BCUT2D eigenvalue weighted by atomic mass is 16.5. The summed E-state index contributed by atoms with van der Waals surface area (Å²) in [5.41, 5.74) is 8.51. The fourth-order valence-corrected chi connectivity index (χ4v) is 2.88. The molecule has 0 spiro atoms. The molecule has 0 aliphatic carbocycles. The Bertz CT molecular complexity index is 814. The molecule has 2 heterocycles. The summed E-state index contributed by atoms with van der Waals surface area (Å²) in [5.74, 6) is 2.91. The molecule has 0 saturated carbocycles. The molecule has 8 nitrogen and oxygen atoms in total. The molecule has 0 saturated heterocycles. The summed E-state index contributed by atoms with van der Waals surface area (Å²) in [7, 11) is 6.73. The number of methoxy groups -OCH3 is 3. The van der Waals surface area contributed by atoms with Crippen LogP contribution in [0.4, 0.5) is 17.3 Å². The van der Waals surface area contributed by atoms with E-state index in [1.165, 1.54) is 12.7 Å². The number of aliphatic imine (C=N–C) groups is 1. The van der Waals surface area contributed by atoms with Crippen LogP contribution in [-0.4, -0.2) is 50.6 Å². The van der Waals surface area contributed by atoms with Gasteiger partial charge in [0.2, 0.25) is 5.75 Å². The predicted octanol–water partition coefficient (Wildman–Crippen LogP) is 3.27. The van der Waals surface area contributed by atoms with E-state index in [4.69, 9.17) is 19.9 Å². The summed E-state index contributed by atoms with van der Waals surface area (Å²) >= 11 is 0. The lowest BCUT2D eigenvalue weighted by Crippen LogP contribution is -2.30. The first-order valence-electron chi connectivity index (χ1n) is 9.15. The van der Waals surface area contributed by atoms with Crippen molar-refractivity contribution >= 4 is 23.0 Å². The molecule has 1 aliphatic heterocycles. The maximum atomic E-state index is 5.95. The number of aromatic nitrogens is 2. The third-order valence-electron chi connectivity index (χ3n) is 4.02. The Balaban J connectivity index is 0.000000878. The lowest BCUT2D eigenvalue weighted by Gasteiger charge is -2.26. The Morgan fingerprint density at radius 1 is 1.04 bits per heavy atom. The van der Waals surface area contributed by atoms with Gasteiger partial charge in [-0.1, -0.05) is 20.3 Å². The van der Waals surface area contributed by atoms with Crippen LogP contribution < -0.4 is 24.8 Å². The fraction of sp³-hybridized carbons (Fsp3) is 0.450. The van der Waals surface area contributed by atoms with Gasteiger partial charge in [-0.3, -0.25) is 0 Å². The van der Waals surface area contributed by atoms with E-state index in [-0.39, 0.29) is 0 Å². The number of nitrogens with zero attached hydrogens (tertiary/aromatic N) is 4. The highest BCUT2D eigenvalue weighted by Gasteiger charge is 2.21. The van der Waals surface area contributed by atoms with E-state index < -0.39 is 0 Å². The standard InChI is InChI=1S/C17H21N5O3.C3H8/c1-22-8-11(21-14-16(18)19-9-20-17(14)22)5-10-6-12(23-2)15(25-4)13(7-10)24-3;1-3-2/h6-7,9H,5,8H2,1-4H3,(H2,18,19,20);3H2,1-2H3. The monoisotopic (exact) mass is 387 g/mol. The number of hydrogen-bond donors (Lipinski definition) is 1. The molecular formula is C20H29N5O3. The first-order valence-corrected chi connectivity index (χ1v) is 9.15. The van der Waals surface area contributed by atoms with Crippen molar-refractivity contribution in [2.45, 2.75) is 26.7 Å². The Labute approximate surface area is 166 Å². The van der Waals surface area contributed by atoms with E-state index in [2.05, 4.69) is 28.8 Å². The van der Waals surface area contributed by atoms with Crippen molar-refractivity contribution in [2.24, 2.45) is 4.99 Å². The van der Waals surface area contributed by atoms with Gasteiger partial charge in [0.1, 0.15) is 12.0 Å². The van der Waals surface area contributed by atoms with Gasteiger partial charge in [0.05, 0.1) is 27.9 Å². The van der Waals surface area contributed by atoms with Crippen molar-refractivity contribution in [1.29, 1.82) is 0 Å². The van der Waals surface area contributed by atoms with Crippen molar-refractivity contribution in [3.63, 3.8) is 0 Å². The molecule has 0 atom stereocenters. The van der Waals surface area contributed by atoms with Crippen molar-refractivity contribution in [3.05, 3.63) is 24.0 Å². The maximum absolute atomic E-state index is 5.95. The molecule has 152 valence electrons. The summed E-state index contributed by atoms with van der Waals surface area (Å²) in [4.78, 5) is 14.9. The van der Waals surface area contributed by atoms with Crippen LogP contribution in [0.1, 0.15) is 25.8 Å². The number of anilines is 2. The minimum Gasteiger partial charge on any atom is -0.493 e. The third-order valence-corrected chi connectivity index (χ3v) is 4.02. The average molecular weight is 387 g/mol. The van der Waals surface area contributed by atoms with Crippen LogP contribution in [-0.2, 0) is 6.42 Å². The van der Waals surface area contributed by atoms with E-state index in [1.54, 1.807) is 21.3 Å². The Kier molecular flexibility index (Phi) is 7.43. The normalized spacial score (nSPS) is 12.4. The molecular weight excluding hydrogens is 358 g/mol. The van der Waals surface area contributed by atoms with Gasteiger partial charge in [0.25, 0.3) is 0 Å². The zero-order chi connectivity index (χ0) is 20.7. The van der Waals surface area contributed by atoms with Gasteiger partial charge in [-0.25, -0.2) is 15.0 Å². The van der Waals surface area contributed by atoms with Crippen molar-refractivity contribution < 1.29 is 14.2 Å². The highest BCUT2D eigenvalue weighted by Crippen LogP contribution is 2.39. The summed E-state index contributed by atoms with van der Waals surface area (Å²) < 4.78 is 16.2. The van der Waals surface area contributed by atoms with Gasteiger partial charge in [0.15, 0.2) is 23.1 Å². The Morgan fingerprint density at radius 3 is 2.18 bits per heavy atom. The molecule has 2 N–H and O–H groups in total. The number of nitrogens with two attached hydrogens (primary N) is 1. The minimum absolute atomic E-state index is 0.374. The highest BCUT2D eigenvalue weighted by molar-refractivity contribution is 5.98. The number of ether oxygens (including phenoxy) is 3. The van der Waals surface area contributed by atoms with E-state index in [0.717, 1.165) is 17.1 Å². The van der Waals surface area contributed by atoms with Gasteiger partial charge >= 0.3 is 0 Å². The topological polar surface area (TPSA) is 95.1 Å². The van der Waals surface area contributed by atoms with Gasteiger partial charge in [-0.2, -0.15) is 0 Å². The second-order valence-electron chi connectivity index (χ2n) is 6.38. The molecule has 0 bridgehead atoms. The second-order valence-corrected chi connectivity index (χ2v) is 6.38. The van der Waals surface area contributed by atoms with Crippen molar-refractivity contribution in [2.75, 3.05) is 45.6 Å². The quantitative estimate of drug-likeness (QED) is 0.841. The largest absolute Gasteiger partial charge is 0.493 e. The first kappa shape index (κ1) is 21.3. The SMILES string of the molecule is CCC.COc1cc(CC2=Nc3c(N)ncnc3N(C)C2)cc(OC)c1OC. The smallest absolute Gasteiger partial charge is 0.203 e. The van der Waals surface area contributed by atoms with E-state index in [1.807, 2.05) is 24.1 Å². The Hall–Kier alpha value is -3.03. The third kappa shape index (κ3) is 4.62. The zero-order valence-corrected chi connectivity index (χ0v) is 17.4. The van der Waals surface area contributed by atoms with Crippen LogP contribution in [0.15, 0.2) is 23.5 Å². The lowest BCUT2D eigenvalue weighted by molar-refractivity contribution is 0.324. The van der Waals surface area contributed by atoms with E-state index in [0.29, 0.717) is 41.7 Å². The summed E-state index contributed by atoms with van der Waals surface area (Å²) in [5, 5.41) is 0. The number of benzene rings is 1. The molecule has 0 radical (unpaired) electrons. The molecule has 28 heavy (non-hydrogen) atoms. The van der Waals surface area contributed by atoms with Crippen LogP contribution in [0, 0.1) is 0 Å². The summed E-state index contributed by atoms with van der Waals surface area (Å²) in [6, 6.07) is 3.84. The van der Waals surface area contributed by atoms with E-state index in [9.17, 15) is 0 Å². The molecule has 3 rings (SSSR count). The lowest BCUT2D eigenvalue weighted by atomic mass is 10.1. The molecule has 0 fully saturated rings. The molecule has 1 aromatic carbocycles. The second kappa shape index (κ2) is 9.77. The average Bonchev–Trinajstić information content (AvgIpc) is 2.68. The van der Waals surface area contributed by atoms with Crippen LogP contribution in [0.2, 0.25) is 0 Å². The van der Waals surface area contributed by atoms with Crippen molar-refractivity contribution in [1.82, 2.24) is 9.97 Å². The van der Waals surface area contributed by atoms with Crippen molar-refractivity contribution in [3.8, 4) is 17.2 Å². The molecule has 2 aromatic rings. The van der Waals surface area contributed by atoms with E-state index >= 15 is 0 Å². The van der Waals surface area contributed by atoms with Gasteiger partial charge in [-0.15, -0.1) is 0 Å².